The third kappa shape index (κ3) is 7.64. The molecule has 0 aliphatic heterocycles. The number of hydrogen-bond donors (Lipinski definition) is 1. The molecule has 0 aromatic heterocycles. The third-order valence-corrected chi connectivity index (χ3v) is 9.41. The van der Waals surface area contributed by atoms with Crippen LogP contribution in [-0.2, 0) is 26.2 Å². The highest BCUT2D eigenvalue weighted by molar-refractivity contribution is 7.92. The highest BCUT2D eigenvalue weighted by Crippen LogP contribution is 2.32. The van der Waals surface area contributed by atoms with Gasteiger partial charge in [-0.25, -0.2) is 12.8 Å². The van der Waals surface area contributed by atoms with Crippen molar-refractivity contribution in [2.24, 2.45) is 0 Å². The van der Waals surface area contributed by atoms with Crippen LogP contribution in [-0.4, -0.2) is 58.0 Å². The molecule has 0 spiro atoms. The fourth-order valence-electron chi connectivity index (χ4n) is 5.22. The summed E-state index contributed by atoms with van der Waals surface area (Å²) in [6.07, 6.45) is 3.83. The molecule has 1 unspecified atom stereocenters. The number of carbonyl (C=O) groups excluding carboxylic acids is 2. The Morgan fingerprint density at radius 1 is 0.977 bits per heavy atom. The Morgan fingerprint density at radius 2 is 1.65 bits per heavy atom. The average Bonchev–Trinajstić information content (AvgIpc) is 3.51. The number of methoxy groups -OCH3 is 2. The van der Waals surface area contributed by atoms with Gasteiger partial charge in [0, 0.05) is 18.7 Å². The maximum absolute atomic E-state index is 14.1. The summed E-state index contributed by atoms with van der Waals surface area (Å²) in [6, 6.07) is 15.7. The molecule has 3 aromatic rings. The Kier molecular flexibility index (Phi) is 10.3. The number of benzene rings is 3. The van der Waals surface area contributed by atoms with Gasteiger partial charge in [-0.15, -0.1) is 0 Å². The zero-order chi connectivity index (χ0) is 31.1. The molecular formula is C32H38FN3O6S. The minimum Gasteiger partial charge on any atom is -0.493 e. The van der Waals surface area contributed by atoms with Crippen molar-refractivity contribution in [3.05, 3.63) is 83.7 Å². The number of amides is 2. The number of sulfonamides is 1. The molecule has 1 fully saturated rings. The van der Waals surface area contributed by atoms with E-state index in [1.165, 1.54) is 49.5 Å². The number of rotatable bonds is 12. The van der Waals surface area contributed by atoms with Gasteiger partial charge in [0.05, 0.1) is 24.8 Å². The minimum absolute atomic E-state index is 0.0482. The van der Waals surface area contributed by atoms with Crippen LogP contribution in [0.15, 0.2) is 71.6 Å². The predicted molar refractivity (Wildman–Crippen MR) is 162 cm³/mol. The maximum atomic E-state index is 14.1. The topological polar surface area (TPSA) is 105 Å². The van der Waals surface area contributed by atoms with Crippen LogP contribution in [0.3, 0.4) is 0 Å². The normalized spacial score (nSPS) is 14.2. The Morgan fingerprint density at radius 3 is 2.28 bits per heavy atom. The first-order valence-electron chi connectivity index (χ1n) is 14.2. The standard InChI is InChI=1S/C32H38FN3O6S/c1-22-8-7-9-24(18-22)20-35(23(2)32(38)34-26-10-5-6-11-26)31(37)21-36(27-14-12-25(33)13-15-27)43(39,40)28-16-17-29(41-3)30(19-28)42-4/h7-9,12-19,23,26H,5-6,10-11,20-21H2,1-4H3,(H,34,38). The van der Waals surface area contributed by atoms with Crippen molar-refractivity contribution in [3.8, 4) is 11.5 Å². The third-order valence-electron chi connectivity index (χ3n) is 7.64. The number of nitrogens with one attached hydrogen (secondary N) is 1. The smallest absolute Gasteiger partial charge is 0.264 e. The van der Waals surface area contributed by atoms with E-state index in [0.717, 1.165) is 53.2 Å². The van der Waals surface area contributed by atoms with E-state index >= 15 is 0 Å². The monoisotopic (exact) mass is 611 g/mol. The van der Waals surface area contributed by atoms with Gasteiger partial charge in [-0.05, 0) is 68.7 Å². The zero-order valence-electron chi connectivity index (χ0n) is 24.9. The van der Waals surface area contributed by atoms with Crippen molar-refractivity contribution in [2.75, 3.05) is 25.1 Å². The molecule has 11 heteroatoms. The lowest BCUT2D eigenvalue weighted by molar-refractivity contribution is -0.139. The Bertz CT molecular complexity index is 1540. The number of ether oxygens (including phenoxy) is 2. The van der Waals surface area contributed by atoms with Crippen LogP contribution in [0.25, 0.3) is 0 Å². The van der Waals surface area contributed by atoms with Gasteiger partial charge in [0.1, 0.15) is 18.4 Å². The van der Waals surface area contributed by atoms with Gasteiger partial charge in [0.15, 0.2) is 11.5 Å². The van der Waals surface area contributed by atoms with E-state index in [1.54, 1.807) is 6.92 Å². The molecule has 0 bridgehead atoms. The van der Waals surface area contributed by atoms with Crippen LogP contribution in [0.1, 0.15) is 43.7 Å². The fraction of sp³-hybridized carbons (Fsp3) is 0.375. The number of halogens is 1. The van der Waals surface area contributed by atoms with E-state index in [2.05, 4.69) is 5.32 Å². The lowest BCUT2D eigenvalue weighted by Gasteiger charge is -2.32. The van der Waals surface area contributed by atoms with Crippen molar-refractivity contribution in [3.63, 3.8) is 0 Å². The van der Waals surface area contributed by atoms with Crippen LogP contribution in [0, 0.1) is 12.7 Å². The lowest BCUT2D eigenvalue weighted by Crippen LogP contribution is -2.52. The number of hydrogen-bond acceptors (Lipinski definition) is 6. The first kappa shape index (κ1) is 31.8. The Balaban J connectivity index is 1.71. The van der Waals surface area contributed by atoms with Crippen LogP contribution in [0.4, 0.5) is 10.1 Å². The summed E-state index contributed by atoms with van der Waals surface area (Å²) in [5, 5.41) is 3.05. The Hall–Kier alpha value is -4.12. The summed E-state index contributed by atoms with van der Waals surface area (Å²) in [4.78, 5) is 28.7. The number of carbonyl (C=O) groups is 2. The second-order valence-corrected chi connectivity index (χ2v) is 12.5. The molecule has 230 valence electrons. The second kappa shape index (κ2) is 13.9. The fourth-order valence-corrected chi connectivity index (χ4v) is 6.65. The summed E-state index contributed by atoms with van der Waals surface area (Å²) in [5.41, 5.74) is 1.87. The molecule has 3 aromatic carbocycles. The SMILES string of the molecule is COc1ccc(S(=O)(=O)N(CC(=O)N(Cc2cccc(C)c2)C(C)C(=O)NC2CCCC2)c2ccc(F)cc2)cc1OC. The van der Waals surface area contributed by atoms with Crippen molar-refractivity contribution in [1.82, 2.24) is 10.2 Å². The summed E-state index contributed by atoms with van der Waals surface area (Å²) in [7, 11) is -1.55. The molecular weight excluding hydrogens is 573 g/mol. The molecule has 43 heavy (non-hydrogen) atoms. The second-order valence-electron chi connectivity index (χ2n) is 10.7. The quantitative estimate of drug-likeness (QED) is 0.315. The van der Waals surface area contributed by atoms with E-state index in [4.69, 9.17) is 9.47 Å². The summed E-state index contributed by atoms with van der Waals surface area (Å²) >= 11 is 0. The van der Waals surface area contributed by atoms with Gasteiger partial charge >= 0.3 is 0 Å². The molecule has 1 N–H and O–H groups in total. The van der Waals surface area contributed by atoms with Gasteiger partial charge in [-0.2, -0.15) is 0 Å². The van der Waals surface area contributed by atoms with Crippen molar-refractivity contribution in [2.45, 2.75) is 63.1 Å². The van der Waals surface area contributed by atoms with Crippen LogP contribution >= 0.6 is 0 Å². The van der Waals surface area contributed by atoms with E-state index in [9.17, 15) is 22.4 Å². The van der Waals surface area contributed by atoms with Gasteiger partial charge in [0.2, 0.25) is 11.8 Å². The number of aryl methyl sites for hydroxylation is 1. The van der Waals surface area contributed by atoms with Crippen LogP contribution in [0.2, 0.25) is 0 Å². The molecule has 0 heterocycles. The van der Waals surface area contributed by atoms with Crippen molar-refractivity contribution >= 4 is 27.5 Å². The number of nitrogens with zero attached hydrogens (tertiary/aromatic N) is 2. The molecule has 2 amide bonds. The summed E-state index contributed by atoms with van der Waals surface area (Å²) < 4.78 is 53.5. The Labute approximate surface area is 252 Å². The molecule has 1 aliphatic rings. The van der Waals surface area contributed by atoms with Crippen molar-refractivity contribution in [1.29, 1.82) is 0 Å². The van der Waals surface area contributed by atoms with E-state index in [-0.39, 0.29) is 34.8 Å². The average molecular weight is 612 g/mol. The van der Waals surface area contributed by atoms with Crippen LogP contribution < -0.4 is 19.1 Å². The first-order chi connectivity index (χ1) is 20.5. The molecule has 1 atom stereocenters. The zero-order valence-corrected chi connectivity index (χ0v) is 25.7. The molecule has 9 nitrogen and oxygen atoms in total. The van der Waals surface area contributed by atoms with E-state index in [1.807, 2.05) is 31.2 Å². The van der Waals surface area contributed by atoms with Crippen molar-refractivity contribution < 1.29 is 31.9 Å². The summed E-state index contributed by atoms with van der Waals surface area (Å²) in [5.74, 6) is -0.936. The van der Waals surface area contributed by atoms with Crippen LogP contribution in [0.5, 0.6) is 11.5 Å². The number of anilines is 1. The molecule has 1 aliphatic carbocycles. The largest absolute Gasteiger partial charge is 0.493 e. The van der Waals surface area contributed by atoms with Gasteiger partial charge in [-0.1, -0.05) is 42.7 Å². The van der Waals surface area contributed by atoms with Gasteiger partial charge < -0.3 is 19.7 Å². The molecule has 4 rings (SSSR count). The summed E-state index contributed by atoms with van der Waals surface area (Å²) in [6.45, 7) is 3.03. The lowest BCUT2D eigenvalue weighted by atomic mass is 10.1. The maximum Gasteiger partial charge on any atom is 0.264 e. The molecule has 0 saturated heterocycles. The molecule has 0 radical (unpaired) electrons. The first-order valence-corrected chi connectivity index (χ1v) is 15.6. The minimum atomic E-state index is -4.37. The highest BCUT2D eigenvalue weighted by atomic mass is 32.2. The van der Waals surface area contributed by atoms with E-state index < -0.39 is 34.3 Å². The predicted octanol–water partition coefficient (Wildman–Crippen LogP) is 4.82. The van der Waals surface area contributed by atoms with Gasteiger partial charge in [0.25, 0.3) is 10.0 Å². The molecule has 1 saturated carbocycles. The highest BCUT2D eigenvalue weighted by Gasteiger charge is 2.34. The van der Waals surface area contributed by atoms with Gasteiger partial charge in [-0.3, -0.25) is 13.9 Å². The van der Waals surface area contributed by atoms with E-state index in [0.29, 0.717) is 5.75 Å².